The minimum absolute atomic E-state index is 0.364. The van der Waals surface area contributed by atoms with Crippen LogP contribution in [-0.2, 0) is 4.79 Å². The van der Waals surface area contributed by atoms with Crippen LogP contribution in [-0.4, -0.2) is 30.1 Å². The van der Waals surface area contributed by atoms with E-state index in [1.165, 1.54) is 51.4 Å². The highest BCUT2D eigenvalue weighted by molar-refractivity contribution is 5.80. The molecule has 106 valence electrons. The second-order valence-electron chi connectivity index (χ2n) is 7.26. The topological polar surface area (TPSA) is 32.3 Å². The first-order valence-corrected chi connectivity index (χ1v) is 8.36. The predicted octanol–water partition coefficient (Wildman–Crippen LogP) is 2.37. The lowest BCUT2D eigenvalue weighted by molar-refractivity contribution is -0.129. The van der Waals surface area contributed by atoms with Gasteiger partial charge in [0, 0.05) is 6.54 Å². The molecule has 0 aromatic heterocycles. The molecule has 3 nitrogen and oxygen atoms in total. The van der Waals surface area contributed by atoms with Gasteiger partial charge in [0.15, 0.2) is 0 Å². The lowest BCUT2D eigenvalue weighted by Crippen LogP contribution is -2.45. The number of rotatable bonds is 5. The van der Waals surface area contributed by atoms with Crippen molar-refractivity contribution in [2.24, 2.45) is 23.7 Å². The van der Waals surface area contributed by atoms with Crippen LogP contribution >= 0.6 is 0 Å². The van der Waals surface area contributed by atoms with Crippen LogP contribution in [0.25, 0.3) is 0 Å². The van der Waals surface area contributed by atoms with Crippen molar-refractivity contribution in [3.63, 3.8) is 0 Å². The minimum Gasteiger partial charge on any atom is -0.325 e. The van der Waals surface area contributed by atoms with Gasteiger partial charge in [-0.1, -0.05) is 12.8 Å². The lowest BCUT2D eigenvalue weighted by Gasteiger charge is -2.32. The zero-order valence-electron chi connectivity index (χ0n) is 11.8. The molecule has 1 heterocycles. The maximum atomic E-state index is 12.2. The first kappa shape index (κ1) is 12.2. The Balaban J connectivity index is 1.45. The summed E-state index contributed by atoms with van der Waals surface area (Å²) in [6.45, 7) is 1.64. The third kappa shape index (κ3) is 2.42. The van der Waals surface area contributed by atoms with Crippen molar-refractivity contribution in [3.05, 3.63) is 0 Å². The summed E-state index contributed by atoms with van der Waals surface area (Å²) < 4.78 is 0. The first-order chi connectivity index (χ1) is 9.33. The number of amides is 1. The summed E-state index contributed by atoms with van der Waals surface area (Å²) in [5.41, 5.74) is 0. The van der Waals surface area contributed by atoms with Gasteiger partial charge in [-0.2, -0.15) is 0 Å². The summed E-state index contributed by atoms with van der Waals surface area (Å²) in [7, 11) is 0. The molecule has 3 saturated carbocycles. The average Bonchev–Trinajstić information content (AvgIpc) is 3.33. The monoisotopic (exact) mass is 262 g/mol. The third-order valence-corrected chi connectivity index (χ3v) is 5.83. The predicted molar refractivity (Wildman–Crippen MR) is 74.4 cm³/mol. The fourth-order valence-electron chi connectivity index (χ4n) is 4.43. The highest BCUT2D eigenvalue weighted by Gasteiger charge is 2.45. The smallest absolute Gasteiger partial charge is 0.237 e. The van der Waals surface area contributed by atoms with Gasteiger partial charge in [0.05, 0.1) is 12.7 Å². The van der Waals surface area contributed by atoms with E-state index in [1.807, 2.05) is 0 Å². The van der Waals surface area contributed by atoms with Crippen LogP contribution in [0.4, 0.5) is 0 Å². The fourth-order valence-corrected chi connectivity index (χ4v) is 4.43. The Kier molecular flexibility index (Phi) is 3.06. The maximum Gasteiger partial charge on any atom is 0.237 e. The van der Waals surface area contributed by atoms with Gasteiger partial charge < -0.3 is 4.90 Å². The van der Waals surface area contributed by atoms with Crippen molar-refractivity contribution in [1.82, 2.24) is 10.2 Å². The molecule has 0 bridgehead atoms. The van der Waals surface area contributed by atoms with Gasteiger partial charge in [-0.3, -0.25) is 10.1 Å². The standard InChI is InChI=1S/C16H26N2O/c19-15-9-17-16(13-3-1-2-4-13)18(15)10-14(11-5-6-11)12-7-8-12/h11-14,16-17H,1-10H2. The molecule has 3 heteroatoms. The molecular formula is C16H26N2O. The van der Waals surface area contributed by atoms with E-state index in [1.54, 1.807) is 0 Å². The van der Waals surface area contributed by atoms with Crippen molar-refractivity contribution in [2.45, 2.75) is 57.5 Å². The van der Waals surface area contributed by atoms with Gasteiger partial charge >= 0.3 is 0 Å². The van der Waals surface area contributed by atoms with E-state index in [0.717, 1.165) is 30.2 Å². The van der Waals surface area contributed by atoms with E-state index < -0.39 is 0 Å². The van der Waals surface area contributed by atoms with Gasteiger partial charge in [0.25, 0.3) is 0 Å². The summed E-state index contributed by atoms with van der Waals surface area (Å²) in [5, 5.41) is 3.50. The van der Waals surface area contributed by atoms with Crippen LogP contribution < -0.4 is 5.32 Å². The summed E-state index contributed by atoms with van der Waals surface area (Å²) in [4.78, 5) is 14.5. The molecule has 0 spiro atoms. The zero-order chi connectivity index (χ0) is 12.8. The first-order valence-electron chi connectivity index (χ1n) is 8.36. The van der Waals surface area contributed by atoms with Crippen LogP contribution in [0.2, 0.25) is 0 Å². The maximum absolute atomic E-state index is 12.2. The Bertz CT molecular complexity index is 344. The normalized spacial score (nSPS) is 32.8. The van der Waals surface area contributed by atoms with Gasteiger partial charge in [0.1, 0.15) is 0 Å². The van der Waals surface area contributed by atoms with Crippen molar-refractivity contribution in [2.75, 3.05) is 13.1 Å². The number of nitrogens with zero attached hydrogens (tertiary/aromatic N) is 1. The molecule has 4 rings (SSSR count). The Morgan fingerprint density at radius 3 is 2.26 bits per heavy atom. The number of hydrogen-bond donors (Lipinski definition) is 1. The molecule has 1 aliphatic heterocycles. The highest BCUT2D eigenvalue weighted by atomic mass is 16.2. The fraction of sp³-hybridized carbons (Fsp3) is 0.938. The van der Waals surface area contributed by atoms with Crippen LogP contribution in [0.1, 0.15) is 51.4 Å². The van der Waals surface area contributed by atoms with E-state index in [2.05, 4.69) is 10.2 Å². The number of carbonyl (C=O) groups excluding carboxylic acids is 1. The van der Waals surface area contributed by atoms with Crippen molar-refractivity contribution in [1.29, 1.82) is 0 Å². The molecule has 1 saturated heterocycles. The zero-order valence-corrected chi connectivity index (χ0v) is 11.8. The molecule has 1 N–H and O–H groups in total. The minimum atomic E-state index is 0.364. The largest absolute Gasteiger partial charge is 0.325 e. The van der Waals surface area contributed by atoms with Crippen LogP contribution in [0.5, 0.6) is 0 Å². The molecule has 1 atom stereocenters. The SMILES string of the molecule is O=C1CNC(C2CCCC2)N1CC(C1CC1)C1CC1. The summed E-state index contributed by atoms with van der Waals surface area (Å²) >= 11 is 0. The summed E-state index contributed by atoms with van der Waals surface area (Å²) in [6, 6.07) is 0. The van der Waals surface area contributed by atoms with E-state index >= 15 is 0 Å². The van der Waals surface area contributed by atoms with Gasteiger partial charge in [0.2, 0.25) is 5.91 Å². The van der Waals surface area contributed by atoms with Crippen LogP contribution in [0.15, 0.2) is 0 Å². The lowest BCUT2D eigenvalue weighted by atomic mass is 9.95. The van der Waals surface area contributed by atoms with Gasteiger partial charge in [-0.05, 0) is 62.2 Å². The van der Waals surface area contributed by atoms with Gasteiger partial charge in [-0.15, -0.1) is 0 Å². The number of carbonyl (C=O) groups is 1. The van der Waals surface area contributed by atoms with Crippen molar-refractivity contribution >= 4 is 5.91 Å². The third-order valence-electron chi connectivity index (χ3n) is 5.83. The van der Waals surface area contributed by atoms with Crippen molar-refractivity contribution in [3.8, 4) is 0 Å². The molecule has 0 aromatic carbocycles. The number of hydrogen-bond acceptors (Lipinski definition) is 2. The van der Waals surface area contributed by atoms with Crippen molar-refractivity contribution < 1.29 is 4.79 Å². The number of nitrogens with one attached hydrogen (secondary N) is 1. The molecule has 4 fully saturated rings. The molecule has 1 unspecified atom stereocenters. The molecule has 0 radical (unpaired) electrons. The second-order valence-corrected chi connectivity index (χ2v) is 7.26. The Hall–Kier alpha value is -0.570. The van der Waals surface area contributed by atoms with E-state index in [0.29, 0.717) is 18.6 Å². The quantitative estimate of drug-likeness (QED) is 0.825. The average molecular weight is 262 g/mol. The Morgan fingerprint density at radius 1 is 1.05 bits per heavy atom. The molecule has 4 aliphatic rings. The molecule has 1 amide bonds. The molecule has 19 heavy (non-hydrogen) atoms. The van der Waals surface area contributed by atoms with Gasteiger partial charge in [-0.25, -0.2) is 0 Å². The second kappa shape index (κ2) is 4.76. The highest BCUT2D eigenvalue weighted by Crippen LogP contribution is 2.50. The van der Waals surface area contributed by atoms with E-state index in [4.69, 9.17) is 0 Å². The van der Waals surface area contributed by atoms with Crippen LogP contribution in [0.3, 0.4) is 0 Å². The Morgan fingerprint density at radius 2 is 1.68 bits per heavy atom. The summed E-state index contributed by atoms with van der Waals surface area (Å²) in [6.07, 6.45) is 11.4. The Labute approximate surface area is 116 Å². The van der Waals surface area contributed by atoms with E-state index in [9.17, 15) is 4.79 Å². The molecule has 3 aliphatic carbocycles. The molecular weight excluding hydrogens is 236 g/mol. The molecule has 0 aromatic rings. The van der Waals surface area contributed by atoms with Crippen LogP contribution in [0, 0.1) is 23.7 Å². The summed E-state index contributed by atoms with van der Waals surface area (Å²) in [5.74, 6) is 3.82. The van der Waals surface area contributed by atoms with E-state index in [-0.39, 0.29) is 0 Å².